The van der Waals surface area contributed by atoms with Crippen molar-refractivity contribution >= 4 is 23.4 Å². The molecule has 0 aliphatic rings. The van der Waals surface area contributed by atoms with E-state index >= 15 is 0 Å². The molecule has 8 nitrogen and oxygen atoms in total. The van der Waals surface area contributed by atoms with Crippen LogP contribution in [0.5, 0.6) is 5.75 Å². The lowest BCUT2D eigenvalue weighted by atomic mass is 10.2. The number of halogens is 2. The summed E-state index contributed by atoms with van der Waals surface area (Å²) in [5.74, 6) is 1.05. The van der Waals surface area contributed by atoms with Gasteiger partial charge in [0.1, 0.15) is 11.5 Å². The molecular weight excluding hydrogens is 452 g/mol. The van der Waals surface area contributed by atoms with E-state index in [1.54, 1.807) is 31.6 Å². The maximum absolute atomic E-state index is 12.7. The lowest BCUT2D eigenvalue weighted by Gasteiger charge is -2.13. The van der Waals surface area contributed by atoms with Gasteiger partial charge in [0.25, 0.3) is 0 Å². The number of carbonyl (C=O) groups is 1. The molecule has 0 saturated carbocycles. The SMILES string of the molecule is CC(Sc1nnc(-c2cccnc2)n1Cc1ccco1)C(=O)Nc1ccc(OC(F)F)cc1. The van der Waals surface area contributed by atoms with Crippen molar-refractivity contribution in [3.8, 4) is 17.1 Å². The standard InChI is InChI=1S/C22H19F2N5O3S/c1-14(20(30)26-16-6-8-17(9-7-16)32-21(23)24)33-22-28-27-19(15-4-2-10-25-12-15)29(22)13-18-5-3-11-31-18/h2-12,14,21H,13H2,1H3,(H,26,30). The first-order valence-corrected chi connectivity index (χ1v) is 10.8. The monoisotopic (exact) mass is 471 g/mol. The Morgan fingerprint density at radius 1 is 1.18 bits per heavy atom. The zero-order valence-electron chi connectivity index (χ0n) is 17.4. The van der Waals surface area contributed by atoms with Gasteiger partial charge in [0, 0.05) is 23.6 Å². The van der Waals surface area contributed by atoms with Gasteiger partial charge in [-0.3, -0.25) is 14.3 Å². The molecule has 1 aromatic carbocycles. The molecule has 33 heavy (non-hydrogen) atoms. The van der Waals surface area contributed by atoms with Gasteiger partial charge >= 0.3 is 6.61 Å². The quantitative estimate of drug-likeness (QED) is 0.354. The molecule has 11 heteroatoms. The average molecular weight is 471 g/mol. The lowest BCUT2D eigenvalue weighted by molar-refractivity contribution is -0.115. The molecule has 1 amide bonds. The molecule has 0 spiro atoms. The molecule has 1 atom stereocenters. The van der Waals surface area contributed by atoms with Crippen LogP contribution in [0.15, 0.2) is 76.8 Å². The number of amides is 1. The third-order valence-electron chi connectivity index (χ3n) is 4.53. The van der Waals surface area contributed by atoms with Crippen LogP contribution in [0.25, 0.3) is 11.4 Å². The van der Waals surface area contributed by atoms with Crippen LogP contribution < -0.4 is 10.1 Å². The molecule has 3 aromatic heterocycles. The molecule has 170 valence electrons. The van der Waals surface area contributed by atoms with Crippen molar-refractivity contribution in [2.24, 2.45) is 0 Å². The molecule has 4 rings (SSSR count). The van der Waals surface area contributed by atoms with Crippen molar-refractivity contribution in [2.75, 3.05) is 5.32 Å². The summed E-state index contributed by atoms with van der Waals surface area (Å²) in [7, 11) is 0. The normalized spacial score (nSPS) is 12.0. The number of carbonyl (C=O) groups excluding carboxylic acids is 1. The highest BCUT2D eigenvalue weighted by molar-refractivity contribution is 8.00. The highest BCUT2D eigenvalue weighted by Gasteiger charge is 2.22. The Labute approximate surface area is 192 Å². The molecule has 1 unspecified atom stereocenters. The van der Waals surface area contributed by atoms with Gasteiger partial charge in [0.05, 0.1) is 18.1 Å². The fourth-order valence-corrected chi connectivity index (χ4v) is 3.81. The molecule has 1 N–H and O–H groups in total. The second-order valence-electron chi connectivity index (χ2n) is 6.87. The van der Waals surface area contributed by atoms with Crippen molar-refractivity contribution in [1.29, 1.82) is 0 Å². The molecule has 0 fully saturated rings. The summed E-state index contributed by atoms with van der Waals surface area (Å²) in [4.78, 5) is 16.9. The van der Waals surface area contributed by atoms with E-state index in [-0.39, 0.29) is 11.7 Å². The number of anilines is 1. The second-order valence-corrected chi connectivity index (χ2v) is 8.17. The third-order valence-corrected chi connectivity index (χ3v) is 5.61. The Hall–Kier alpha value is -3.73. The van der Waals surface area contributed by atoms with Crippen LogP contribution in [0, 0.1) is 0 Å². The molecule has 0 saturated heterocycles. The van der Waals surface area contributed by atoms with Gasteiger partial charge < -0.3 is 14.5 Å². The average Bonchev–Trinajstić information content (AvgIpc) is 3.46. The maximum atomic E-state index is 12.7. The largest absolute Gasteiger partial charge is 0.467 e. The Bertz CT molecular complexity index is 1180. The van der Waals surface area contributed by atoms with E-state index in [0.717, 1.165) is 5.56 Å². The summed E-state index contributed by atoms with van der Waals surface area (Å²) in [6, 6.07) is 13.0. The Morgan fingerprint density at radius 3 is 2.67 bits per heavy atom. The minimum atomic E-state index is -2.91. The third kappa shape index (κ3) is 5.75. The highest BCUT2D eigenvalue weighted by atomic mass is 32.2. The molecule has 4 aromatic rings. The van der Waals surface area contributed by atoms with Gasteiger partial charge in [-0.15, -0.1) is 10.2 Å². The molecule has 0 radical (unpaired) electrons. The fraction of sp³-hybridized carbons (Fsp3) is 0.182. The van der Waals surface area contributed by atoms with E-state index < -0.39 is 11.9 Å². The molecule has 0 bridgehead atoms. The van der Waals surface area contributed by atoms with E-state index in [9.17, 15) is 13.6 Å². The summed E-state index contributed by atoms with van der Waals surface area (Å²) in [5.41, 5.74) is 1.24. The van der Waals surface area contributed by atoms with E-state index in [0.29, 0.717) is 29.0 Å². The van der Waals surface area contributed by atoms with E-state index in [4.69, 9.17) is 4.42 Å². The van der Waals surface area contributed by atoms with E-state index in [1.807, 2.05) is 22.8 Å². The van der Waals surface area contributed by atoms with Crippen molar-refractivity contribution < 1.29 is 22.7 Å². The van der Waals surface area contributed by atoms with Crippen LogP contribution in [0.3, 0.4) is 0 Å². The second kappa shape index (κ2) is 10.3. The number of aromatic nitrogens is 4. The highest BCUT2D eigenvalue weighted by Crippen LogP contribution is 2.28. The van der Waals surface area contributed by atoms with Crippen molar-refractivity contribution in [2.45, 2.75) is 30.5 Å². The van der Waals surface area contributed by atoms with Crippen molar-refractivity contribution in [3.63, 3.8) is 0 Å². The Balaban J connectivity index is 1.49. The summed E-state index contributed by atoms with van der Waals surface area (Å²) in [5, 5.41) is 11.3. The number of pyridine rings is 1. The van der Waals surface area contributed by atoms with Gasteiger partial charge in [-0.05, 0) is 55.5 Å². The smallest absolute Gasteiger partial charge is 0.387 e. The topological polar surface area (TPSA) is 95.1 Å². The first-order chi connectivity index (χ1) is 16.0. The minimum Gasteiger partial charge on any atom is -0.467 e. The number of nitrogens with zero attached hydrogens (tertiary/aromatic N) is 4. The van der Waals surface area contributed by atoms with Crippen molar-refractivity contribution in [1.82, 2.24) is 19.7 Å². The zero-order chi connectivity index (χ0) is 23.2. The number of furan rings is 1. The van der Waals surface area contributed by atoms with E-state index in [1.165, 1.54) is 36.0 Å². The summed E-state index contributed by atoms with van der Waals surface area (Å²) >= 11 is 1.24. The van der Waals surface area contributed by atoms with Gasteiger partial charge in [-0.2, -0.15) is 8.78 Å². The molecule has 3 heterocycles. The number of thioether (sulfide) groups is 1. The van der Waals surface area contributed by atoms with Crippen LogP contribution in [-0.4, -0.2) is 37.5 Å². The van der Waals surface area contributed by atoms with E-state index in [2.05, 4.69) is 25.2 Å². The van der Waals surface area contributed by atoms with Crippen LogP contribution in [0.2, 0.25) is 0 Å². The fourth-order valence-electron chi connectivity index (χ4n) is 2.96. The number of alkyl halides is 2. The van der Waals surface area contributed by atoms with Gasteiger partial charge in [-0.1, -0.05) is 11.8 Å². The van der Waals surface area contributed by atoms with Crippen LogP contribution in [-0.2, 0) is 11.3 Å². The van der Waals surface area contributed by atoms with Crippen molar-refractivity contribution in [3.05, 3.63) is 72.9 Å². The summed E-state index contributed by atoms with van der Waals surface area (Å²) in [6.45, 7) is -0.784. The number of rotatable bonds is 9. The number of hydrogen-bond acceptors (Lipinski definition) is 7. The van der Waals surface area contributed by atoms with Gasteiger partial charge in [-0.25, -0.2) is 0 Å². The van der Waals surface area contributed by atoms with Gasteiger partial charge in [0.2, 0.25) is 5.91 Å². The Kier molecular flexibility index (Phi) is 6.98. The molecule has 0 aliphatic heterocycles. The molecular formula is C22H19F2N5O3S. The summed E-state index contributed by atoms with van der Waals surface area (Å²) in [6.07, 6.45) is 4.95. The van der Waals surface area contributed by atoms with Crippen LogP contribution in [0.1, 0.15) is 12.7 Å². The maximum Gasteiger partial charge on any atom is 0.387 e. The summed E-state index contributed by atoms with van der Waals surface area (Å²) < 4.78 is 36.2. The predicted molar refractivity (Wildman–Crippen MR) is 118 cm³/mol. The number of ether oxygens (including phenoxy) is 1. The predicted octanol–water partition coefficient (Wildman–Crippen LogP) is 4.70. The van der Waals surface area contributed by atoms with Crippen LogP contribution >= 0.6 is 11.8 Å². The number of nitrogens with one attached hydrogen (secondary N) is 1. The number of benzene rings is 1. The first-order valence-electron chi connectivity index (χ1n) is 9.88. The lowest BCUT2D eigenvalue weighted by Crippen LogP contribution is -2.23. The first kappa shape index (κ1) is 22.5. The van der Waals surface area contributed by atoms with Crippen LogP contribution in [0.4, 0.5) is 14.5 Å². The number of hydrogen-bond donors (Lipinski definition) is 1. The Morgan fingerprint density at radius 2 is 2.00 bits per heavy atom. The minimum absolute atomic E-state index is 0.0133. The molecule has 0 aliphatic carbocycles. The zero-order valence-corrected chi connectivity index (χ0v) is 18.2. The van der Waals surface area contributed by atoms with Gasteiger partial charge in [0.15, 0.2) is 11.0 Å².